The molecule has 88 valence electrons. The van der Waals surface area contributed by atoms with Gasteiger partial charge in [0.05, 0.1) is 6.61 Å². The van der Waals surface area contributed by atoms with E-state index in [2.05, 4.69) is 5.32 Å². The van der Waals surface area contributed by atoms with Crippen LogP contribution in [0.5, 0.6) is 5.75 Å². The number of nitrogens with one attached hydrogen (secondary N) is 1. The molecule has 3 nitrogen and oxygen atoms in total. The highest BCUT2D eigenvalue weighted by atomic mass is 16.5. The summed E-state index contributed by atoms with van der Waals surface area (Å²) in [6, 6.07) is 7.96. The molecule has 0 heterocycles. The topological polar surface area (TPSA) is 38.3 Å². The maximum Gasteiger partial charge on any atom is 0.219 e. The van der Waals surface area contributed by atoms with Crippen molar-refractivity contribution in [3.63, 3.8) is 0 Å². The van der Waals surface area contributed by atoms with E-state index in [0.717, 1.165) is 12.2 Å². The van der Waals surface area contributed by atoms with Crippen molar-refractivity contribution >= 4 is 5.91 Å². The Morgan fingerprint density at radius 1 is 1.31 bits per heavy atom. The monoisotopic (exact) mass is 221 g/mol. The van der Waals surface area contributed by atoms with Crippen molar-refractivity contribution in [2.45, 2.75) is 26.7 Å². The van der Waals surface area contributed by atoms with E-state index in [4.69, 9.17) is 4.74 Å². The third-order valence-electron chi connectivity index (χ3n) is 2.25. The molecule has 0 unspecified atom stereocenters. The fourth-order valence-electron chi connectivity index (χ4n) is 1.25. The Hall–Kier alpha value is -1.51. The second-order valence-electron chi connectivity index (χ2n) is 3.72. The molecule has 0 saturated carbocycles. The van der Waals surface area contributed by atoms with Crippen molar-refractivity contribution < 1.29 is 9.53 Å². The number of rotatable bonds is 6. The quantitative estimate of drug-likeness (QED) is 0.748. The molecular weight excluding hydrogens is 202 g/mol. The summed E-state index contributed by atoms with van der Waals surface area (Å²) >= 11 is 0. The molecule has 0 bridgehead atoms. The molecule has 1 amide bonds. The highest BCUT2D eigenvalue weighted by Gasteiger charge is 1.96. The summed E-state index contributed by atoms with van der Waals surface area (Å²) in [5.41, 5.74) is 1.22. The van der Waals surface area contributed by atoms with Gasteiger partial charge in [0.25, 0.3) is 0 Å². The molecule has 0 atom stereocenters. The molecule has 0 spiro atoms. The average Bonchev–Trinajstić information content (AvgIpc) is 2.31. The van der Waals surface area contributed by atoms with Crippen molar-refractivity contribution in [1.29, 1.82) is 0 Å². The minimum Gasteiger partial charge on any atom is -0.494 e. The first-order valence-corrected chi connectivity index (χ1v) is 5.68. The second kappa shape index (κ2) is 6.88. The summed E-state index contributed by atoms with van der Waals surface area (Å²) in [6.45, 7) is 5.20. The van der Waals surface area contributed by atoms with Crippen molar-refractivity contribution in [2.24, 2.45) is 0 Å². The first-order valence-electron chi connectivity index (χ1n) is 5.68. The lowest BCUT2D eigenvalue weighted by atomic mass is 10.2. The predicted molar refractivity (Wildman–Crippen MR) is 64.6 cm³/mol. The molecule has 1 aromatic rings. The molecule has 0 radical (unpaired) electrons. The van der Waals surface area contributed by atoms with E-state index in [-0.39, 0.29) is 5.91 Å². The standard InChI is InChI=1S/C13H19NO2/c1-3-13(15)14-9-4-10-16-12-7-5-11(2)6-8-12/h5-8H,3-4,9-10H2,1-2H3,(H,14,15). The van der Waals surface area contributed by atoms with Crippen LogP contribution in [0, 0.1) is 6.92 Å². The number of benzene rings is 1. The fraction of sp³-hybridized carbons (Fsp3) is 0.462. The van der Waals surface area contributed by atoms with Gasteiger partial charge in [0.2, 0.25) is 5.91 Å². The third-order valence-corrected chi connectivity index (χ3v) is 2.25. The first-order chi connectivity index (χ1) is 7.72. The van der Waals surface area contributed by atoms with Crippen LogP contribution < -0.4 is 10.1 Å². The van der Waals surface area contributed by atoms with Gasteiger partial charge in [-0.15, -0.1) is 0 Å². The van der Waals surface area contributed by atoms with Crippen LogP contribution in [0.3, 0.4) is 0 Å². The zero-order valence-electron chi connectivity index (χ0n) is 9.95. The molecule has 0 aromatic heterocycles. The van der Waals surface area contributed by atoms with E-state index < -0.39 is 0 Å². The van der Waals surface area contributed by atoms with Gasteiger partial charge in [0.15, 0.2) is 0 Å². The maximum atomic E-state index is 10.9. The Bertz CT molecular complexity index is 319. The number of hydrogen-bond acceptors (Lipinski definition) is 2. The summed E-state index contributed by atoms with van der Waals surface area (Å²) in [5, 5.41) is 2.81. The van der Waals surface area contributed by atoms with Crippen LogP contribution >= 0.6 is 0 Å². The highest BCUT2D eigenvalue weighted by molar-refractivity contribution is 5.75. The molecule has 0 aliphatic carbocycles. The van der Waals surface area contributed by atoms with Crippen LogP contribution in [-0.2, 0) is 4.79 Å². The Kier molecular flexibility index (Phi) is 5.40. The van der Waals surface area contributed by atoms with Gasteiger partial charge in [0, 0.05) is 13.0 Å². The first kappa shape index (κ1) is 12.6. The minimum atomic E-state index is 0.0929. The number of amides is 1. The number of ether oxygens (including phenoxy) is 1. The summed E-state index contributed by atoms with van der Waals surface area (Å²) in [6.07, 6.45) is 1.37. The van der Waals surface area contributed by atoms with Crippen molar-refractivity contribution in [1.82, 2.24) is 5.32 Å². The Labute approximate surface area is 96.8 Å². The molecule has 1 aromatic carbocycles. The Morgan fingerprint density at radius 3 is 2.62 bits per heavy atom. The Morgan fingerprint density at radius 2 is 2.00 bits per heavy atom. The molecule has 1 N–H and O–H groups in total. The van der Waals surface area contributed by atoms with Gasteiger partial charge >= 0.3 is 0 Å². The van der Waals surface area contributed by atoms with Gasteiger partial charge in [0.1, 0.15) is 5.75 Å². The van der Waals surface area contributed by atoms with Crippen molar-refractivity contribution in [3.8, 4) is 5.75 Å². The van der Waals surface area contributed by atoms with Crippen molar-refractivity contribution in [2.75, 3.05) is 13.2 Å². The zero-order chi connectivity index (χ0) is 11.8. The van der Waals surface area contributed by atoms with Crippen molar-refractivity contribution in [3.05, 3.63) is 29.8 Å². The number of hydrogen-bond donors (Lipinski definition) is 1. The van der Waals surface area contributed by atoms with Crippen LogP contribution in [0.1, 0.15) is 25.3 Å². The SMILES string of the molecule is CCC(=O)NCCCOc1ccc(C)cc1. The van der Waals surface area contributed by atoms with Gasteiger partial charge in [-0.25, -0.2) is 0 Å². The van der Waals surface area contributed by atoms with Crippen LogP contribution in [0.2, 0.25) is 0 Å². The van der Waals surface area contributed by atoms with E-state index >= 15 is 0 Å². The largest absolute Gasteiger partial charge is 0.494 e. The summed E-state index contributed by atoms with van der Waals surface area (Å²) < 4.78 is 5.53. The van der Waals surface area contributed by atoms with Gasteiger partial charge in [-0.3, -0.25) is 4.79 Å². The zero-order valence-corrected chi connectivity index (χ0v) is 9.95. The predicted octanol–water partition coefficient (Wildman–Crippen LogP) is 2.29. The Balaban J connectivity index is 2.11. The average molecular weight is 221 g/mol. The van der Waals surface area contributed by atoms with Crippen LogP contribution in [0.15, 0.2) is 24.3 Å². The molecule has 3 heteroatoms. The van der Waals surface area contributed by atoms with Gasteiger partial charge in [-0.05, 0) is 25.5 Å². The maximum absolute atomic E-state index is 10.9. The summed E-state index contributed by atoms with van der Waals surface area (Å²) in [4.78, 5) is 10.9. The highest BCUT2D eigenvalue weighted by Crippen LogP contribution is 2.11. The fourth-order valence-corrected chi connectivity index (χ4v) is 1.25. The summed E-state index contributed by atoms with van der Waals surface area (Å²) in [7, 11) is 0. The smallest absolute Gasteiger partial charge is 0.219 e. The lowest BCUT2D eigenvalue weighted by molar-refractivity contribution is -0.120. The van der Waals surface area contributed by atoms with E-state index in [1.807, 2.05) is 38.1 Å². The van der Waals surface area contributed by atoms with E-state index in [0.29, 0.717) is 19.6 Å². The lowest BCUT2D eigenvalue weighted by Gasteiger charge is -2.07. The number of carbonyl (C=O) groups is 1. The van der Waals surface area contributed by atoms with E-state index in [1.54, 1.807) is 0 Å². The minimum absolute atomic E-state index is 0.0929. The molecule has 0 fully saturated rings. The molecule has 1 rings (SSSR count). The third kappa shape index (κ3) is 4.82. The second-order valence-corrected chi connectivity index (χ2v) is 3.72. The molecule has 0 aliphatic heterocycles. The number of carbonyl (C=O) groups excluding carboxylic acids is 1. The van der Waals surface area contributed by atoms with E-state index in [1.165, 1.54) is 5.56 Å². The van der Waals surface area contributed by atoms with Gasteiger partial charge in [-0.1, -0.05) is 24.6 Å². The van der Waals surface area contributed by atoms with E-state index in [9.17, 15) is 4.79 Å². The molecular formula is C13H19NO2. The van der Waals surface area contributed by atoms with Crippen LogP contribution in [0.25, 0.3) is 0 Å². The summed E-state index contributed by atoms with van der Waals surface area (Å²) in [5.74, 6) is 0.975. The number of aryl methyl sites for hydroxylation is 1. The normalized spacial score (nSPS) is 9.88. The molecule has 0 aliphatic rings. The molecule has 0 saturated heterocycles. The van der Waals surface area contributed by atoms with Gasteiger partial charge in [-0.2, -0.15) is 0 Å². The molecule has 16 heavy (non-hydrogen) atoms. The van der Waals surface area contributed by atoms with Crippen LogP contribution in [-0.4, -0.2) is 19.1 Å². The van der Waals surface area contributed by atoms with Crippen LogP contribution in [0.4, 0.5) is 0 Å². The van der Waals surface area contributed by atoms with Gasteiger partial charge < -0.3 is 10.1 Å². The lowest BCUT2D eigenvalue weighted by Crippen LogP contribution is -2.24.